The SMILES string of the molecule is CC(C)(C)c1cc(-c2cncnc2)nc(Cl)n1. The van der Waals surface area contributed by atoms with E-state index < -0.39 is 0 Å². The first-order valence-corrected chi connectivity index (χ1v) is 5.65. The minimum absolute atomic E-state index is 0.0725. The predicted octanol–water partition coefficient (Wildman–Crippen LogP) is 2.88. The smallest absolute Gasteiger partial charge is 0.223 e. The fourth-order valence-electron chi connectivity index (χ4n) is 1.38. The van der Waals surface area contributed by atoms with Crippen molar-refractivity contribution in [3.05, 3.63) is 35.8 Å². The van der Waals surface area contributed by atoms with E-state index in [9.17, 15) is 0 Å². The highest BCUT2D eigenvalue weighted by Gasteiger charge is 2.18. The van der Waals surface area contributed by atoms with E-state index >= 15 is 0 Å². The van der Waals surface area contributed by atoms with Gasteiger partial charge in [-0.25, -0.2) is 19.9 Å². The minimum Gasteiger partial charge on any atom is -0.244 e. The van der Waals surface area contributed by atoms with Gasteiger partial charge in [-0.15, -0.1) is 0 Å². The van der Waals surface area contributed by atoms with Gasteiger partial charge in [0.1, 0.15) is 6.33 Å². The third-order valence-corrected chi connectivity index (χ3v) is 2.49. The number of hydrogen-bond acceptors (Lipinski definition) is 4. The summed E-state index contributed by atoms with van der Waals surface area (Å²) in [6, 6.07) is 1.92. The van der Waals surface area contributed by atoms with E-state index in [2.05, 4.69) is 40.7 Å². The van der Waals surface area contributed by atoms with E-state index in [0.717, 1.165) is 17.0 Å². The summed E-state index contributed by atoms with van der Waals surface area (Å²) in [6.07, 6.45) is 4.90. The summed E-state index contributed by atoms with van der Waals surface area (Å²) in [7, 11) is 0. The van der Waals surface area contributed by atoms with Crippen molar-refractivity contribution in [3.8, 4) is 11.3 Å². The molecule has 0 aliphatic rings. The zero-order valence-electron chi connectivity index (χ0n) is 9.98. The average molecular weight is 249 g/mol. The van der Waals surface area contributed by atoms with Gasteiger partial charge < -0.3 is 0 Å². The summed E-state index contributed by atoms with van der Waals surface area (Å²) in [5, 5.41) is 0.247. The molecule has 2 rings (SSSR count). The fourth-order valence-corrected chi connectivity index (χ4v) is 1.56. The topological polar surface area (TPSA) is 51.6 Å². The predicted molar refractivity (Wildman–Crippen MR) is 66.8 cm³/mol. The lowest BCUT2D eigenvalue weighted by Gasteiger charge is -2.18. The van der Waals surface area contributed by atoms with Crippen molar-refractivity contribution in [2.45, 2.75) is 26.2 Å². The summed E-state index contributed by atoms with van der Waals surface area (Å²) in [6.45, 7) is 6.24. The first-order chi connectivity index (χ1) is 7.97. The van der Waals surface area contributed by atoms with Crippen LogP contribution in [0.1, 0.15) is 26.5 Å². The molecule has 0 aliphatic carbocycles. The molecular formula is C12H13ClN4. The molecule has 88 valence electrons. The maximum Gasteiger partial charge on any atom is 0.223 e. The van der Waals surface area contributed by atoms with Crippen molar-refractivity contribution in [1.82, 2.24) is 19.9 Å². The van der Waals surface area contributed by atoms with Crippen LogP contribution in [0.4, 0.5) is 0 Å². The fraction of sp³-hybridized carbons (Fsp3) is 0.333. The van der Waals surface area contributed by atoms with E-state index in [0.29, 0.717) is 0 Å². The molecule has 0 saturated carbocycles. The van der Waals surface area contributed by atoms with Gasteiger partial charge in [-0.1, -0.05) is 20.8 Å². The van der Waals surface area contributed by atoms with Crippen molar-refractivity contribution >= 4 is 11.6 Å². The van der Waals surface area contributed by atoms with Crippen molar-refractivity contribution in [2.24, 2.45) is 0 Å². The summed E-state index contributed by atoms with van der Waals surface area (Å²) < 4.78 is 0. The van der Waals surface area contributed by atoms with Crippen LogP contribution in [0.5, 0.6) is 0 Å². The Kier molecular flexibility index (Phi) is 3.07. The lowest BCUT2D eigenvalue weighted by atomic mass is 9.91. The number of rotatable bonds is 1. The Morgan fingerprint density at radius 3 is 2.29 bits per heavy atom. The third-order valence-electron chi connectivity index (χ3n) is 2.32. The molecule has 2 aromatic rings. The van der Waals surface area contributed by atoms with Gasteiger partial charge in [0.2, 0.25) is 5.28 Å². The minimum atomic E-state index is -0.0725. The van der Waals surface area contributed by atoms with Gasteiger partial charge in [-0.05, 0) is 17.7 Å². The zero-order valence-corrected chi connectivity index (χ0v) is 10.7. The quantitative estimate of drug-likeness (QED) is 0.728. The molecule has 5 heteroatoms. The molecule has 0 N–H and O–H groups in total. The molecule has 0 spiro atoms. The monoisotopic (exact) mass is 248 g/mol. The van der Waals surface area contributed by atoms with Crippen LogP contribution in [0, 0.1) is 0 Å². The van der Waals surface area contributed by atoms with Crippen LogP contribution in [-0.4, -0.2) is 19.9 Å². The highest BCUT2D eigenvalue weighted by atomic mass is 35.5. The van der Waals surface area contributed by atoms with E-state index in [-0.39, 0.29) is 10.7 Å². The number of halogens is 1. The van der Waals surface area contributed by atoms with Gasteiger partial charge in [-0.3, -0.25) is 0 Å². The Morgan fingerprint density at radius 1 is 1.06 bits per heavy atom. The second kappa shape index (κ2) is 4.37. The van der Waals surface area contributed by atoms with Crippen LogP contribution in [0.3, 0.4) is 0 Å². The second-order valence-electron chi connectivity index (χ2n) is 4.78. The standard InChI is InChI=1S/C12H13ClN4/c1-12(2,3)10-4-9(16-11(13)17-10)8-5-14-7-15-6-8/h4-7H,1-3H3. The summed E-state index contributed by atoms with van der Waals surface area (Å²) in [5.41, 5.74) is 2.41. The molecule has 0 fully saturated rings. The van der Waals surface area contributed by atoms with E-state index in [1.165, 1.54) is 6.33 Å². The van der Waals surface area contributed by atoms with Crippen molar-refractivity contribution in [3.63, 3.8) is 0 Å². The van der Waals surface area contributed by atoms with Gasteiger partial charge in [0.05, 0.1) is 11.4 Å². The van der Waals surface area contributed by atoms with E-state index in [1.54, 1.807) is 12.4 Å². The highest BCUT2D eigenvalue weighted by molar-refractivity contribution is 6.28. The Morgan fingerprint density at radius 2 is 1.71 bits per heavy atom. The Labute approximate surface area is 105 Å². The molecule has 0 saturated heterocycles. The molecular weight excluding hydrogens is 236 g/mol. The Bertz CT molecular complexity index is 520. The van der Waals surface area contributed by atoms with Crippen molar-refractivity contribution in [1.29, 1.82) is 0 Å². The van der Waals surface area contributed by atoms with Crippen LogP contribution in [0.2, 0.25) is 5.28 Å². The molecule has 0 amide bonds. The number of hydrogen-bond donors (Lipinski definition) is 0. The van der Waals surface area contributed by atoms with Crippen LogP contribution < -0.4 is 0 Å². The molecule has 2 aromatic heterocycles. The first kappa shape index (κ1) is 11.9. The second-order valence-corrected chi connectivity index (χ2v) is 5.12. The van der Waals surface area contributed by atoms with Gasteiger partial charge >= 0.3 is 0 Å². The van der Waals surface area contributed by atoms with Gasteiger partial charge in [0.25, 0.3) is 0 Å². The Hall–Kier alpha value is -1.55. The lowest BCUT2D eigenvalue weighted by molar-refractivity contribution is 0.567. The third kappa shape index (κ3) is 2.77. The van der Waals surface area contributed by atoms with Crippen LogP contribution >= 0.6 is 11.6 Å². The number of nitrogens with zero attached hydrogens (tertiary/aromatic N) is 4. The maximum atomic E-state index is 5.94. The molecule has 17 heavy (non-hydrogen) atoms. The van der Waals surface area contributed by atoms with Gasteiger partial charge in [0, 0.05) is 23.4 Å². The Balaban J connectivity index is 2.54. The molecule has 0 aromatic carbocycles. The summed E-state index contributed by atoms with van der Waals surface area (Å²) >= 11 is 5.94. The highest BCUT2D eigenvalue weighted by Crippen LogP contribution is 2.25. The zero-order chi connectivity index (χ0) is 12.5. The van der Waals surface area contributed by atoms with E-state index in [4.69, 9.17) is 11.6 Å². The summed E-state index contributed by atoms with van der Waals surface area (Å²) in [5.74, 6) is 0. The number of aromatic nitrogens is 4. The molecule has 0 aliphatic heterocycles. The largest absolute Gasteiger partial charge is 0.244 e. The van der Waals surface area contributed by atoms with Crippen LogP contribution in [0.15, 0.2) is 24.8 Å². The first-order valence-electron chi connectivity index (χ1n) is 5.27. The van der Waals surface area contributed by atoms with Crippen molar-refractivity contribution in [2.75, 3.05) is 0 Å². The lowest BCUT2D eigenvalue weighted by Crippen LogP contribution is -2.14. The molecule has 2 heterocycles. The molecule has 0 atom stereocenters. The molecule has 4 nitrogen and oxygen atoms in total. The summed E-state index contributed by atoms with van der Waals surface area (Å²) in [4.78, 5) is 16.4. The van der Waals surface area contributed by atoms with Gasteiger partial charge in [-0.2, -0.15) is 0 Å². The maximum absolute atomic E-state index is 5.94. The molecule has 0 radical (unpaired) electrons. The average Bonchev–Trinajstić information content (AvgIpc) is 2.28. The van der Waals surface area contributed by atoms with Crippen LogP contribution in [0.25, 0.3) is 11.3 Å². The van der Waals surface area contributed by atoms with Crippen molar-refractivity contribution < 1.29 is 0 Å². The van der Waals surface area contributed by atoms with Gasteiger partial charge in [0.15, 0.2) is 0 Å². The van der Waals surface area contributed by atoms with Crippen LogP contribution in [-0.2, 0) is 5.41 Å². The van der Waals surface area contributed by atoms with E-state index in [1.807, 2.05) is 6.07 Å². The molecule has 0 unspecified atom stereocenters. The molecule has 0 bridgehead atoms. The normalized spacial score (nSPS) is 11.5.